The van der Waals surface area contributed by atoms with Crippen LogP contribution in [0.3, 0.4) is 0 Å². The summed E-state index contributed by atoms with van der Waals surface area (Å²) in [7, 11) is 0. The van der Waals surface area contributed by atoms with E-state index in [0.717, 1.165) is 23.4 Å². The molecular weight excluding hydrogens is 308 g/mol. The largest absolute Gasteiger partial charge is 0.310 e. The Balaban J connectivity index is 1.89. The zero-order valence-corrected chi connectivity index (χ0v) is 13.0. The number of pyridine rings is 1. The van der Waals surface area contributed by atoms with Crippen molar-refractivity contribution in [3.8, 4) is 0 Å². The lowest BCUT2D eigenvalue weighted by molar-refractivity contribution is 0.474. The van der Waals surface area contributed by atoms with Gasteiger partial charge in [-0.2, -0.15) is 0 Å². The highest BCUT2D eigenvalue weighted by atomic mass is 79.9. The zero-order chi connectivity index (χ0) is 13.0. The fraction of sp³-hybridized carbons (Fsp3) is 0.357. The van der Waals surface area contributed by atoms with Crippen LogP contribution < -0.4 is 5.32 Å². The first-order chi connectivity index (χ1) is 8.58. The van der Waals surface area contributed by atoms with Crippen molar-refractivity contribution >= 4 is 27.3 Å². The first kappa shape index (κ1) is 13.7. The Morgan fingerprint density at radius 3 is 2.78 bits per heavy atom. The molecule has 0 saturated heterocycles. The maximum atomic E-state index is 4.41. The molecule has 0 fully saturated rings. The highest BCUT2D eigenvalue weighted by molar-refractivity contribution is 9.10. The Hall–Kier alpha value is -0.710. The van der Waals surface area contributed by atoms with Gasteiger partial charge >= 0.3 is 0 Å². The van der Waals surface area contributed by atoms with Crippen LogP contribution in [0.5, 0.6) is 0 Å². The van der Waals surface area contributed by atoms with Gasteiger partial charge in [0.05, 0.1) is 5.69 Å². The van der Waals surface area contributed by atoms with Crippen LogP contribution in [0.1, 0.15) is 24.4 Å². The van der Waals surface area contributed by atoms with Gasteiger partial charge in [-0.25, -0.2) is 4.98 Å². The minimum atomic E-state index is 0.167. The third kappa shape index (κ3) is 3.64. The minimum absolute atomic E-state index is 0.167. The molecule has 2 heterocycles. The lowest BCUT2D eigenvalue weighted by atomic mass is 9.91. The second-order valence-electron chi connectivity index (χ2n) is 4.92. The van der Waals surface area contributed by atoms with Gasteiger partial charge in [0.25, 0.3) is 0 Å². The van der Waals surface area contributed by atoms with E-state index in [4.69, 9.17) is 0 Å². The minimum Gasteiger partial charge on any atom is -0.310 e. The molecule has 2 nitrogen and oxygen atoms in total. The van der Waals surface area contributed by atoms with Crippen molar-refractivity contribution in [3.63, 3.8) is 0 Å². The van der Waals surface area contributed by atoms with Crippen molar-refractivity contribution in [2.75, 3.05) is 6.54 Å². The van der Waals surface area contributed by atoms with Crippen molar-refractivity contribution in [1.82, 2.24) is 10.3 Å². The van der Waals surface area contributed by atoms with Gasteiger partial charge < -0.3 is 5.32 Å². The summed E-state index contributed by atoms with van der Waals surface area (Å²) in [4.78, 5) is 5.83. The van der Waals surface area contributed by atoms with Crippen molar-refractivity contribution < 1.29 is 0 Å². The molecule has 18 heavy (non-hydrogen) atoms. The normalized spacial score (nSPS) is 11.7. The first-order valence-electron chi connectivity index (χ1n) is 5.94. The summed E-state index contributed by atoms with van der Waals surface area (Å²) < 4.78 is 0.888. The monoisotopic (exact) mass is 324 g/mol. The maximum Gasteiger partial charge on any atom is 0.106 e. The summed E-state index contributed by atoms with van der Waals surface area (Å²) in [5.74, 6) is 0. The Labute approximate surface area is 121 Å². The average molecular weight is 325 g/mol. The Morgan fingerprint density at radius 2 is 2.11 bits per heavy atom. The third-order valence-electron chi connectivity index (χ3n) is 2.83. The van der Waals surface area contributed by atoms with Gasteiger partial charge in [0, 0.05) is 23.4 Å². The molecule has 2 aromatic rings. The van der Waals surface area contributed by atoms with Gasteiger partial charge in [-0.15, -0.1) is 11.3 Å². The number of nitrogens with zero attached hydrogens (tertiary/aromatic N) is 1. The topological polar surface area (TPSA) is 24.9 Å². The number of aromatic nitrogens is 1. The van der Waals surface area contributed by atoms with Crippen molar-refractivity contribution in [2.45, 2.75) is 25.8 Å². The van der Waals surface area contributed by atoms with Gasteiger partial charge in [0.2, 0.25) is 0 Å². The van der Waals surface area contributed by atoms with Gasteiger partial charge in [0.1, 0.15) is 4.60 Å². The average Bonchev–Trinajstić information content (AvgIpc) is 2.83. The van der Waals surface area contributed by atoms with E-state index >= 15 is 0 Å². The van der Waals surface area contributed by atoms with Crippen LogP contribution in [0.4, 0.5) is 0 Å². The van der Waals surface area contributed by atoms with Gasteiger partial charge in [-0.3, -0.25) is 0 Å². The van der Waals surface area contributed by atoms with Crippen molar-refractivity contribution in [3.05, 3.63) is 50.9 Å². The molecule has 0 aliphatic heterocycles. The number of rotatable bonds is 5. The van der Waals surface area contributed by atoms with Crippen LogP contribution in [-0.2, 0) is 12.0 Å². The van der Waals surface area contributed by atoms with E-state index in [2.05, 4.69) is 57.6 Å². The van der Waals surface area contributed by atoms with Crippen LogP contribution >= 0.6 is 27.3 Å². The summed E-state index contributed by atoms with van der Waals surface area (Å²) >= 11 is 5.20. The van der Waals surface area contributed by atoms with Gasteiger partial charge in [-0.1, -0.05) is 26.0 Å². The first-order valence-corrected chi connectivity index (χ1v) is 7.61. The molecule has 0 aliphatic carbocycles. The standard InChI is InChI=1S/C14H17BrN2S/c1-14(2,12-6-4-8-18-12)10-16-9-11-5-3-7-13(15)17-11/h3-8,16H,9-10H2,1-2H3. The van der Waals surface area contributed by atoms with E-state index < -0.39 is 0 Å². The van der Waals surface area contributed by atoms with Crippen LogP contribution in [0.15, 0.2) is 40.3 Å². The number of hydrogen-bond acceptors (Lipinski definition) is 3. The van der Waals surface area contributed by atoms with Crippen molar-refractivity contribution in [1.29, 1.82) is 0 Å². The van der Waals surface area contributed by atoms with Crippen LogP contribution in [0.25, 0.3) is 0 Å². The fourth-order valence-electron chi connectivity index (χ4n) is 1.80. The molecule has 2 rings (SSSR count). The van der Waals surface area contributed by atoms with E-state index in [-0.39, 0.29) is 5.41 Å². The van der Waals surface area contributed by atoms with E-state index in [0.29, 0.717) is 0 Å². The third-order valence-corrected chi connectivity index (χ3v) is 4.51. The number of hydrogen-bond donors (Lipinski definition) is 1. The second kappa shape index (κ2) is 5.95. The number of nitrogens with one attached hydrogen (secondary N) is 1. The molecule has 2 aromatic heterocycles. The highest BCUT2D eigenvalue weighted by Crippen LogP contribution is 2.26. The molecule has 0 aliphatic rings. The van der Waals surface area contributed by atoms with E-state index in [1.165, 1.54) is 4.88 Å². The molecule has 0 unspecified atom stereocenters. The summed E-state index contributed by atoms with van der Waals surface area (Å²) in [6, 6.07) is 10.3. The predicted molar refractivity (Wildman–Crippen MR) is 81.0 cm³/mol. The summed E-state index contributed by atoms with van der Waals surface area (Å²) in [5.41, 5.74) is 1.23. The number of thiophene rings is 1. The van der Waals surface area contributed by atoms with E-state index in [1.54, 1.807) is 0 Å². The summed E-state index contributed by atoms with van der Waals surface area (Å²) in [6.45, 7) is 6.27. The summed E-state index contributed by atoms with van der Waals surface area (Å²) in [6.07, 6.45) is 0. The molecule has 0 amide bonds. The lowest BCUT2D eigenvalue weighted by Crippen LogP contribution is -2.32. The molecule has 4 heteroatoms. The SMILES string of the molecule is CC(C)(CNCc1cccc(Br)n1)c1cccs1. The molecule has 0 saturated carbocycles. The Morgan fingerprint density at radius 1 is 1.28 bits per heavy atom. The fourth-order valence-corrected chi connectivity index (χ4v) is 3.04. The van der Waals surface area contributed by atoms with E-state index in [9.17, 15) is 0 Å². The Bertz CT molecular complexity index is 494. The number of halogens is 1. The maximum absolute atomic E-state index is 4.41. The van der Waals surface area contributed by atoms with E-state index in [1.807, 2.05) is 29.5 Å². The molecule has 0 bridgehead atoms. The van der Waals surface area contributed by atoms with Gasteiger partial charge in [-0.05, 0) is 39.5 Å². The molecule has 96 valence electrons. The molecule has 0 atom stereocenters. The molecule has 1 N–H and O–H groups in total. The quantitative estimate of drug-likeness (QED) is 0.842. The Kier molecular flexibility index (Phi) is 4.54. The highest BCUT2D eigenvalue weighted by Gasteiger charge is 2.20. The van der Waals surface area contributed by atoms with Gasteiger partial charge in [0.15, 0.2) is 0 Å². The zero-order valence-electron chi connectivity index (χ0n) is 10.6. The molecule has 0 aromatic carbocycles. The van der Waals surface area contributed by atoms with Crippen LogP contribution in [-0.4, -0.2) is 11.5 Å². The summed E-state index contributed by atoms with van der Waals surface area (Å²) in [5, 5.41) is 5.61. The van der Waals surface area contributed by atoms with Crippen LogP contribution in [0.2, 0.25) is 0 Å². The second-order valence-corrected chi connectivity index (χ2v) is 6.68. The molecule has 0 radical (unpaired) electrons. The smallest absolute Gasteiger partial charge is 0.106 e. The lowest BCUT2D eigenvalue weighted by Gasteiger charge is -2.23. The molecule has 0 spiro atoms. The predicted octanol–water partition coefficient (Wildman–Crippen LogP) is 3.97. The molecular formula is C14H17BrN2S. The van der Waals surface area contributed by atoms with Crippen molar-refractivity contribution in [2.24, 2.45) is 0 Å². The van der Waals surface area contributed by atoms with Crippen LogP contribution in [0, 0.1) is 0 Å².